The molecule has 1 heterocycles. The highest BCUT2D eigenvalue weighted by atomic mass is 79.9. The maximum absolute atomic E-state index is 12.9. The Labute approximate surface area is 263 Å². The molecule has 9 heteroatoms. The fraction of sp³-hybridized carbons (Fsp3) is 0.114. The molecular formula is C35H30BrN3O5. The number of carbonyl (C=O) groups excluding carboxylic acids is 1. The van der Waals surface area contributed by atoms with E-state index in [0.717, 1.165) is 28.2 Å². The Balaban J connectivity index is 1.25. The molecule has 222 valence electrons. The Hall–Kier alpha value is -5.15. The molecule has 0 aliphatic heterocycles. The smallest absolute Gasteiger partial charge is 0.335 e. The molecule has 0 fully saturated rings. The molecule has 0 unspecified atom stereocenters. The number of amides is 1. The molecule has 8 nitrogen and oxygen atoms in total. The van der Waals surface area contributed by atoms with E-state index in [9.17, 15) is 9.59 Å². The number of nitrogens with zero attached hydrogens (tertiary/aromatic N) is 2. The molecule has 0 spiro atoms. The lowest BCUT2D eigenvalue weighted by Gasteiger charge is -2.14. The molecule has 0 atom stereocenters. The number of rotatable bonds is 11. The van der Waals surface area contributed by atoms with Gasteiger partial charge in [-0.05, 0) is 102 Å². The van der Waals surface area contributed by atoms with E-state index in [1.165, 1.54) is 18.3 Å². The highest BCUT2D eigenvalue weighted by Gasteiger charge is 2.13. The molecule has 0 aliphatic rings. The minimum absolute atomic E-state index is 0.212. The van der Waals surface area contributed by atoms with Crippen molar-refractivity contribution in [2.75, 3.05) is 6.61 Å². The molecule has 0 bridgehead atoms. The van der Waals surface area contributed by atoms with E-state index in [4.69, 9.17) is 14.6 Å². The number of aromatic carboxylic acids is 1. The van der Waals surface area contributed by atoms with Crippen molar-refractivity contribution in [3.8, 4) is 28.4 Å². The van der Waals surface area contributed by atoms with Gasteiger partial charge in [-0.3, -0.25) is 4.79 Å². The van der Waals surface area contributed by atoms with Crippen LogP contribution in [0.15, 0.2) is 113 Å². The van der Waals surface area contributed by atoms with Crippen molar-refractivity contribution >= 4 is 34.0 Å². The molecule has 0 saturated carbocycles. The van der Waals surface area contributed by atoms with E-state index in [1.807, 2.05) is 37.3 Å². The SMILES string of the molecule is CCOc1cc(/C=N/NC(=O)c2ccc(-n3c(C)ccc3-c3ccccc3)cc2)c(Br)cc1OCc1ccc(C(=O)O)cc1. The van der Waals surface area contributed by atoms with Crippen LogP contribution in [0.1, 0.15) is 44.5 Å². The second kappa shape index (κ2) is 13.9. The highest BCUT2D eigenvalue weighted by molar-refractivity contribution is 9.10. The van der Waals surface area contributed by atoms with Gasteiger partial charge in [-0.2, -0.15) is 5.10 Å². The first-order valence-electron chi connectivity index (χ1n) is 13.9. The van der Waals surface area contributed by atoms with Gasteiger partial charge in [0, 0.05) is 27.0 Å². The lowest BCUT2D eigenvalue weighted by Crippen LogP contribution is -2.17. The third-order valence-corrected chi connectivity index (χ3v) is 7.55. The molecule has 1 aromatic heterocycles. The van der Waals surface area contributed by atoms with Crippen LogP contribution in [-0.4, -0.2) is 34.4 Å². The second-order valence-corrected chi connectivity index (χ2v) is 10.7. The molecule has 5 rings (SSSR count). The van der Waals surface area contributed by atoms with Crippen molar-refractivity contribution < 1.29 is 24.2 Å². The number of hydrogen-bond acceptors (Lipinski definition) is 5. The van der Waals surface area contributed by atoms with Crippen molar-refractivity contribution in [1.29, 1.82) is 0 Å². The van der Waals surface area contributed by atoms with Crippen LogP contribution in [0.25, 0.3) is 16.9 Å². The van der Waals surface area contributed by atoms with E-state index < -0.39 is 5.97 Å². The third-order valence-electron chi connectivity index (χ3n) is 6.86. The van der Waals surface area contributed by atoms with Crippen molar-refractivity contribution in [3.05, 3.63) is 136 Å². The molecular weight excluding hydrogens is 622 g/mol. The number of aryl methyl sites for hydroxylation is 1. The lowest BCUT2D eigenvalue weighted by molar-refractivity contribution is 0.0696. The molecule has 5 aromatic rings. The summed E-state index contributed by atoms with van der Waals surface area (Å²) in [6.07, 6.45) is 1.53. The standard InChI is InChI=1S/C35H30BrN3O5/c1-3-43-32-19-28(30(36)20-33(32)44-22-24-10-12-27(13-11-24)35(41)42)21-37-38-34(40)26-14-16-29(17-15-26)39-23(2)9-18-31(39)25-7-5-4-6-8-25/h4-21H,3,22H2,1-2H3,(H,38,40)(H,41,42)/b37-21+. The van der Waals surface area contributed by atoms with Crippen molar-refractivity contribution in [2.45, 2.75) is 20.5 Å². The Morgan fingerprint density at radius 2 is 1.57 bits per heavy atom. The number of benzene rings is 4. The molecule has 4 aromatic carbocycles. The second-order valence-electron chi connectivity index (χ2n) is 9.85. The molecule has 0 radical (unpaired) electrons. The van der Waals surface area contributed by atoms with E-state index >= 15 is 0 Å². The van der Waals surface area contributed by atoms with Crippen LogP contribution in [0.4, 0.5) is 0 Å². The highest BCUT2D eigenvalue weighted by Crippen LogP contribution is 2.34. The predicted octanol–water partition coefficient (Wildman–Crippen LogP) is 7.66. The summed E-state index contributed by atoms with van der Waals surface area (Å²) in [5.74, 6) is -0.297. The van der Waals surface area contributed by atoms with Crippen LogP contribution >= 0.6 is 15.9 Å². The first kappa shape index (κ1) is 30.3. The fourth-order valence-corrected chi connectivity index (χ4v) is 5.06. The summed E-state index contributed by atoms with van der Waals surface area (Å²) >= 11 is 3.54. The van der Waals surface area contributed by atoms with E-state index in [-0.39, 0.29) is 18.1 Å². The topological polar surface area (TPSA) is 102 Å². The number of halogens is 1. The third kappa shape index (κ3) is 7.07. The Morgan fingerprint density at radius 3 is 2.25 bits per heavy atom. The number of ether oxygens (including phenoxy) is 2. The Bertz CT molecular complexity index is 1800. The van der Waals surface area contributed by atoms with E-state index in [0.29, 0.717) is 33.7 Å². The number of aromatic nitrogens is 1. The normalized spacial score (nSPS) is 11.0. The van der Waals surface area contributed by atoms with Gasteiger partial charge in [0.1, 0.15) is 6.61 Å². The van der Waals surface area contributed by atoms with Crippen LogP contribution < -0.4 is 14.9 Å². The summed E-state index contributed by atoms with van der Waals surface area (Å²) in [7, 11) is 0. The lowest BCUT2D eigenvalue weighted by atomic mass is 10.1. The summed E-state index contributed by atoms with van der Waals surface area (Å²) in [6.45, 7) is 4.57. The van der Waals surface area contributed by atoms with Gasteiger partial charge < -0.3 is 19.1 Å². The van der Waals surface area contributed by atoms with Crippen LogP contribution in [0.2, 0.25) is 0 Å². The van der Waals surface area contributed by atoms with Gasteiger partial charge in [0.15, 0.2) is 11.5 Å². The van der Waals surface area contributed by atoms with Gasteiger partial charge in [0.25, 0.3) is 5.91 Å². The summed E-state index contributed by atoms with van der Waals surface area (Å²) in [6, 6.07) is 31.8. The monoisotopic (exact) mass is 651 g/mol. The summed E-state index contributed by atoms with van der Waals surface area (Å²) in [5.41, 5.74) is 9.01. The number of hydrazone groups is 1. The van der Waals surface area contributed by atoms with Crippen molar-refractivity contribution in [3.63, 3.8) is 0 Å². The first-order chi connectivity index (χ1) is 21.3. The summed E-state index contributed by atoms with van der Waals surface area (Å²) < 4.78 is 14.6. The average Bonchev–Trinajstić information content (AvgIpc) is 3.43. The van der Waals surface area contributed by atoms with Crippen LogP contribution in [0.5, 0.6) is 11.5 Å². The molecule has 44 heavy (non-hydrogen) atoms. The van der Waals surface area contributed by atoms with Gasteiger partial charge in [0.05, 0.1) is 24.1 Å². The van der Waals surface area contributed by atoms with Crippen LogP contribution in [0.3, 0.4) is 0 Å². The van der Waals surface area contributed by atoms with Gasteiger partial charge in [0.2, 0.25) is 0 Å². The summed E-state index contributed by atoms with van der Waals surface area (Å²) in [4.78, 5) is 23.9. The zero-order valence-corrected chi connectivity index (χ0v) is 25.7. The Kier molecular flexibility index (Phi) is 9.56. The van der Waals surface area contributed by atoms with E-state index in [2.05, 4.69) is 62.2 Å². The number of carboxylic acids is 1. The average molecular weight is 653 g/mol. The van der Waals surface area contributed by atoms with Gasteiger partial charge in [-0.1, -0.05) is 42.5 Å². The molecule has 0 aliphatic carbocycles. The summed E-state index contributed by atoms with van der Waals surface area (Å²) in [5, 5.41) is 13.3. The van der Waals surface area contributed by atoms with Crippen LogP contribution in [0, 0.1) is 6.92 Å². The largest absolute Gasteiger partial charge is 0.490 e. The van der Waals surface area contributed by atoms with Crippen molar-refractivity contribution in [1.82, 2.24) is 9.99 Å². The fourth-order valence-electron chi connectivity index (χ4n) is 4.64. The molecule has 2 N–H and O–H groups in total. The van der Waals surface area contributed by atoms with Gasteiger partial charge in [-0.25, -0.2) is 10.2 Å². The number of carbonyl (C=O) groups is 2. The van der Waals surface area contributed by atoms with Crippen LogP contribution in [-0.2, 0) is 6.61 Å². The minimum atomic E-state index is -0.980. The number of carboxylic acid groups (broad SMARTS) is 1. The zero-order chi connectivity index (χ0) is 31.1. The number of nitrogens with one attached hydrogen (secondary N) is 1. The zero-order valence-electron chi connectivity index (χ0n) is 24.2. The maximum Gasteiger partial charge on any atom is 0.335 e. The Morgan fingerprint density at radius 1 is 0.886 bits per heavy atom. The quantitative estimate of drug-likeness (QED) is 0.113. The first-order valence-corrected chi connectivity index (χ1v) is 14.7. The van der Waals surface area contributed by atoms with Crippen molar-refractivity contribution in [2.24, 2.45) is 5.10 Å². The molecule has 0 saturated heterocycles. The predicted molar refractivity (Wildman–Crippen MR) is 174 cm³/mol. The van der Waals surface area contributed by atoms with Gasteiger partial charge >= 0.3 is 5.97 Å². The maximum atomic E-state index is 12.9. The molecule has 1 amide bonds. The number of hydrogen-bond donors (Lipinski definition) is 2. The van der Waals surface area contributed by atoms with Gasteiger partial charge in [-0.15, -0.1) is 0 Å². The minimum Gasteiger partial charge on any atom is -0.490 e. The van der Waals surface area contributed by atoms with E-state index in [1.54, 1.807) is 36.4 Å².